The van der Waals surface area contributed by atoms with Crippen molar-refractivity contribution in [2.24, 2.45) is 0 Å². The van der Waals surface area contributed by atoms with E-state index < -0.39 is 6.10 Å². The first-order chi connectivity index (χ1) is 9.66. The molecule has 1 N–H and O–H groups in total. The first kappa shape index (κ1) is 13.9. The molecule has 0 bridgehead atoms. The van der Waals surface area contributed by atoms with Gasteiger partial charge >= 0.3 is 0 Å². The SMILES string of the molecule is OC(c1ccc(Cl)c(Cl)c1)c1ccccc1C1CCC1. The van der Waals surface area contributed by atoms with Crippen LogP contribution in [0.2, 0.25) is 10.0 Å². The van der Waals surface area contributed by atoms with Crippen LogP contribution in [0.25, 0.3) is 0 Å². The van der Waals surface area contributed by atoms with E-state index >= 15 is 0 Å². The number of halogens is 2. The van der Waals surface area contributed by atoms with Crippen LogP contribution in [0.4, 0.5) is 0 Å². The summed E-state index contributed by atoms with van der Waals surface area (Å²) >= 11 is 12.0. The summed E-state index contributed by atoms with van der Waals surface area (Å²) in [6, 6.07) is 13.4. The standard InChI is InChI=1S/C17H16Cl2O/c18-15-9-8-12(10-16(15)19)17(20)14-7-2-1-6-13(14)11-4-3-5-11/h1-2,6-11,17,20H,3-5H2. The Labute approximate surface area is 129 Å². The van der Waals surface area contributed by atoms with E-state index in [2.05, 4.69) is 6.07 Å². The molecule has 2 aromatic rings. The van der Waals surface area contributed by atoms with Crippen LogP contribution in [0.1, 0.15) is 48.0 Å². The van der Waals surface area contributed by atoms with Gasteiger partial charge in [-0.3, -0.25) is 0 Å². The fourth-order valence-electron chi connectivity index (χ4n) is 2.71. The summed E-state index contributed by atoms with van der Waals surface area (Å²) in [6.07, 6.45) is 3.06. The van der Waals surface area contributed by atoms with Crippen LogP contribution >= 0.6 is 23.2 Å². The molecule has 1 atom stereocenters. The van der Waals surface area contributed by atoms with Crippen LogP contribution in [0, 0.1) is 0 Å². The Bertz CT molecular complexity index is 620. The molecule has 0 radical (unpaired) electrons. The molecule has 1 unspecified atom stereocenters. The van der Waals surface area contributed by atoms with Gasteiger partial charge < -0.3 is 5.11 Å². The van der Waals surface area contributed by atoms with Crippen molar-refractivity contribution in [3.05, 3.63) is 69.2 Å². The number of hydrogen-bond acceptors (Lipinski definition) is 1. The maximum Gasteiger partial charge on any atom is 0.104 e. The van der Waals surface area contributed by atoms with E-state index in [1.807, 2.05) is 24.3 Å². The molecule has 3 heteroatoms. The third kappa shape index (κ3) is 2.58. The molecule has 3 rings (SSSR count). The molecule has 0 spiro atoms. The van der Waals surface area contributed by atoms with Gasteiger partial charge in [-0.05, 0) is 47.6 Å². The summed E-state index contributed by atoms with van der Waals surface area (Å²) in [4.78, 5) is 0. The van der Waals surface area contributed by atoms with E-state index in [1.54, 1.807) is 12.1 Å². The number of aliphatic hydroxyl groups is 1. The van der Waals surface area contributed by atoms with Crippen molar-refractivity contribution in [2.45, 2.75) is 31.3 Å². The highest BCUT2D eigenvalue weighted by atomic mass is 35.5. The highest BCUT2D eigenvalue weighted by Crippen LogP contribution is 2.41. The van der Waals surface area contributed by atoms with E-state index in [0.29, 0.717) is 16.0 Å². The van der Waals surface area contributed by atoms with Gasteiger partial charge in [0.2, 0.25) is 0 Å². The van der Waals surface area contributed by atoms with Crippen molar-refractivity contribution in [3.63, 3.8) is 0 Å². The lowest BCUT2D eigenvalue weighted by atomic mass is 9.77. The maximum absolute atomic E-state index is 10.7. The Balaban J connectivity index is 1.97. The summed E-state index contributed by atoms with van der Waals surface area (Å²) in [5, 5.41) is 11.6. The van der Waals surface area contributed by atoms with Crippen molar-refractivity contribution in [2.75, 3.05) is 0 Å². The van der Waals surface area contributed by atoms with E-state index in [4.69, 9.17) is 23.2 Å². The van der Waals surface area contributed by atoms with Gasteiger partial charge in [-0.1, -0.05) is 60.0 Å². The van der Waals surface area contributed by atoms with Crippen molar-refractivity contribution in [3.8, 4) is 0 Å². The molecular weight excluding hydrogens is 291 g/mol. The topological polar surface area (TPSA) is 20.2 Å². The highest BCUT2D eigenvalue weighted by Gasteiger charge is 2.24. The Hall–Kier alpha value is -1.02. The molecule has 1 nitrogen and oxygen atoms in total. The largest absolute Gasteiger partial charge is 0.384 e. The molecule has 0 aromatic heterocycles. The number of aliphatic hydroxyl groups excluding tert-OH is 1. The number of benzene rings is 2. The maximum atomic E-state index is 10.7. The molecule has 0 saturated heterocycles. The van der Waals surface area contributed by atoms with Crippen molar-refractivity contribution in [1.29, 1.82) is 0 Å². The molecule has 1 saturated carbocycles. The fourth-order valence-corrected chi connectivity index (χ4v) is 3.02. The van der Waals surface area contributed by atoms with Crippen LogP contribution < -0.4 is 0 Å². The third-order valence-electron chi connectivity index (χ3n) is 4.09. The van der Waals surface area contributed by atoms with Gasteiger partial charge in [0, 0.05) is 0 Å². The zero-order chi connectivity index (χ0) is 14.1. The second kappa shape index (κ2) is 5.77. The van der Waals surface area contributed by atoms with Crippen molar-refractivity contribution in [1.82, 2.24) is 0 Å². The van der Waals surface area contributed by atoms with Crippen molar-refractivity contribution >= 4 is 23.2 Å². The average molecular weight is 307 g/mol. The predicted octanol–water partition coefficient (Wildman–Crippen LogP) is 5.34. The van der Waals surface area contributed by atoms with E-state index in [9.17, 15) is 5.11 Å². The third-order valence-corrected chi connectivity index (χ3v) is 4.83. The molecule has 0 amide bonds. The molecule has 104 valence electrons. The molecule has 2 aromatic carbocycles. The molecular formula is C17H16Cl2O. The Morgan fingerprint density at radius 2 is 1.75 bits per heavy atom. The van der Waals surface area contributed by atoms with Crippen LogP contribution in [0.5, 0.6) is 0 Å². The zero-order valence-corrected chi connectivity index (χ0v) is 12.5. The molecule has 1 aliphatic rings. The fraction of sp³-hybridized carbons (Fsp3) is 0.294. The second-order valence-electron chi connectivity index (χ2n) is 5.33. The lowest BCUT2D eigenvalue weighted by Crippen LogP contribution is -2.13. The van der Waals surface area contributed by atoms with Gasteiger partial charge in [-0.2, -0.15) is 0 Å². The van der Waals surface area contributed by atoms with E-state index in [-0.39, 0.29) is 0 Å². The van der Waals surface area contributed by atoms with Crippen LogP contribution in [-0.4, -0.2) is 5.11 Å². The summed E-state index contributed by atoms with van der Waals surface area (Å²) in [6.45, 7) is 0. The first-order valence-corrected chi connectivity index (χ1v) is 7.64. The lowest BCUT2D eigenvalue weighted by Gasteiger charge is -2.29. The lowest BCUT2D eigenvalue weighted by molar-refractivity contribution is 0.217. The summed E-state index contributed by atoms with van der Waals surface area (Å²) < 4.78 is 0. The summed E-state index contributed by atoms with van der Waals surface area (Å²) in [5.41, 5.74) is 3.03. The minimum atomic E-state index is -0.651. The monoisotopic (exact) mass is 306 g/mol. The Morgan fingerprint density at radius 3 is 2.40 bits per heavy atom. The molecule has 1 aliphatic carbocycles. The van der Waals surface area contributed by atoms with Gasteiger partial charge in [0.05, 0.1) is 10.0 Å². The zero-order valence-electron chi connectivity index (χ0n) is 11.0. The summed E-state index contributed by atoms with van der Waals surface area (Å²) in [5.74, 6) is 0.587. The van der Waals surface area contributed by atoms with Crippen LogP contribution in [0.3, 0.4) is 0 Å². The van der Waals surface area contributed by atoms with Gasteiger partial charge in [-0.15, -0.1) is 0 Å². The van der Waals surface area contributed by atoms with E-state index in [1.165, 1.54) is 24.8 Å². The van der Waals surface area contributed by atoms with E-state index in [0.717, 1.165) is 11.1 Å². The van der Waals surface area contributed by atoms with Crippen LogP contribution in [0.15, 0.2) is 42.5 Å². The minimum absolute atomic E-state index is 0.476. The first-order valence-electron chi connectivity index (χ1n) is 6.88. The summed E-state index contributed by atoms with van der Waals surface area (Å²) in [7, 11) is 0. The normalized spacial score (nSPS) is 16.8. The minimum Gasteiger partial charge on any atom is -0.384 e. The predicted molar refractivity (Wildman–Crippen MR) is 83.6 cm³/mol. The van der Waals surface area contributed by atoms with Crippen LogP contribution in [-0.2, 0) is 0 Å². The van der Waals surface area contributed by atoms with Crippen molar-refractivity contribution < 1.29 is 5.11 Å². The van der Waals surface area contributed by atoms with Gasteiger partial charge in [-0.25, -0.2) is 0 Å². The second-order valence-corrected chi connectivity index (χ2v) is 6.15. The number of rotatable bonds is 3. The smallest absolute Gasteiger partial charge is 0.104 e. The average Bonchev–Trinajstić information content (AvgIpc) is 2.40. The van der Waals surface area contributed by atoms with Gasteiger partial charge in [0.1, 0.15) is 6.10 Å². The molecule has 20 heavy (non-hydrogen) atoms. The highest BCUT2D eigenvalue weighted by molar-refractivity contribution is 6.42. The quantitative estimate of drug-likeness (QED) is 0.811. The Kier molecular flexibility index (Phi) is 4.02. The van der Waals surface area contributed by atoms with Gasteiger partial charge in [0.15, 0.2) is 0 Å². The Morgan fingerprint density at radius 1 is 1.00 bits per heavy atom. The molecule has 0 heterocycles. The van der Waals surface area contributed by atoms with Gasteiger partial charge in [0.25, 0.3) is 0 Å². The number of hydrogen-bond donors (Lipinski definition) is 1. The molecule has 1 fully saturated rings. The molecule has 0 aliphatic heterocycles.